The van der Waals surface area contributed by atoms with Crippen LogP contribution < -0.4 is 11.3 Å². The minimum absolute atomic E-state index is 0.144. The fourth-order valence-electron chi connectivity index (χ4n) is 1.24. The smallest absolute Gasteiger partial charge is 0.252 e. The molecule has 0 bridgehead atoms. The molecule has 0 spiro atoms. The van der Waals surface area contributed by atoms with Crippen LogP contribution in [0.4, 0.5) is 5.82 Å². The Morgan fingerprint density at radius 3 is 2.86 bits per heavy atom. The Balaban J connectivity index is 3.14. The predicted octanol–water partition coefficient (Wildman–Crippen LogP) is 1.10. The molecule has 0 saturated heterocycles. The van der Waals surface area contributed by atoms with Gasteiger partial charge in [0.2, 0.25) is 0 Å². The third-order valence-electron chi connectivity index (χ3n) is 2.08. The van der Waals surface area contributed by atoms with Crippen LogP contribution in [0, 0.1) is 11.3 Å². The molecule has 0 fully saturated rings. The highest BCUT2D eigenvalue weighted by molar-refractivity contribution is 5.48. The number of rotatable bonds is 3. The Morgan fingerprint density at radius 1 is 1.57 bits per heavy atom. The number of anilines is 1. The van der Waals surface area contributed by atoms with E-state index in [0.717, 1.165) is 12.8 Å². The van der Waals surface area contributed by atoms with Crippen LogP contribution >= 0.6 is 0 Å². The molecule has 1 aromatic rings. The molecule has 2 N–H and O–H groups in total. The average Bonchev–Trinajstić information content (AvgIpc) is 2.18. The lowest BCUT2D eigenvalue weighted by Crippen LogP contribution is -2.23. The van der Waals surface area contributed by atoms with Crippen molar-refractivity contribution in [2.75, 3.05) is 5.73 Å². The SMILES string of the molecule is CCCCn1c(N)c(C#N)ccc1=O. The summed E-state index contributed by atoms with van der Waals surface area (Å²) >= 11 is 0. The molecule has 0 amide bonds. The number of nitrogens with two attached hydrogens (primary N) is 1. The van der Waals surface area contributed by atoms with Crippen LogP contribution in [0.1, 0.15) is 25.3 Å². The zero-order chi connectivity index (χ0) is 10.6. The normalized spacial score (nSPS) is 9.71. The van der Waals surface area contributed by atoms with E-state index in [1.807, 2.05) is 13.0 Å². The van der Waals surface area contributed by atoms with Crippen molar-refractivity contribution in [1.82, 2.24) is 4.57 Å². The highest BCUT2D eigenvalue weighted by Crippen LogP contribution is 2.07. The van der Waals surface area contributed by atoms with Gasteiger partial charge in [-0.2, -0.15) is 5.26 Å². The Bertz CT molecular complexity index is 414. The van der Waals surface area contributed by atoms with E-state index in [2.05, 4.69) is 0 Å². The molecule has 0 unspecified atom stereocenters. The minimum atomic E-state index is -0.144. The number of hydrogen-bond acceptors (Lipinski definition) is 3. The van der Waals surface area contributed by atoms with Gasteiger partial charge in [0.1, 0.15) is 11.9 Å². The first kappa shape index (κ1) is 10.3. The number of pyridine rings is 1. The van der Waals surface area contributed by atoms with E-state index in [0.29, 0.717) is 12.1 Å². The van der Waals surface area contributed by atoms with E-state index in [4.69, 9.17) is 11.0 Å². The fraction of sp³-hybridized carbons (Fsp3) is 0.400. The zero-order valence-electron chi connectivity index (χ0n) is 8.16. The first-order chi connectivity index (χ1) is 6.70. The Labute approximate surface area is 82.6 Å². The van der Waals surface area contributed by atoms with Crippen molar-refractivity contribution in [2.45, 2.75) is 26.3 Å². The molecule has 0 aromatic carbocycles. The molecule has 0 aliphatic heterocycles. The highest BCUT2D eigenvalue weighted by atomic mass is 16.1. The number of aromatic nitrogens is 1. The van der Waals surface area contributed by atoms with E-state index in [9.17, 15) is 4.79 Å². The van der Waals surface area contributed by atoms with E-state index in [1.165, 1.54) is 16.7 Å². The molecule has 0 aliphatic rings. The van der Waals surface area contributed by atoms with Gasteiger partial charge in [-0.3, -0.25) is 9.36 Å². The molecule has 0 radical (unpaired) electrons. The summed E-state index contributed by atoms with van der Waals surface area (Å²) in [5.74, 6) is 0.272. The molecule has 4 heteroatoms. The third kappa shape index (κ3) is 1.94. The number of nitrogens with zero attached hydrogens (tertiary/aromatic N) is 2. The van der Waals surface area contributed by atoms with Crippen LogP contribution in [0.25, 0.3) is 0 Å². The summed E-state index contributed by atoms with van der Waals surface area (Å²) in [6.07, 6.45) is 1.88. The number of nitriles is 1. The van der Waals surface area contributed by atoms with E-state index in [1.54, 1.807) is 0 Å². The van der Waals surface area contributed by atoms with Crippen molar-refractivity contribution in [1.29, 1.82) is 5.26 Å². The van der Waals surface area contributed by atoms with Gasteiger partial charge in [0, 0.05) is 12.6 Å². The van der Waals surface area contributed by atoms with Crippen molar-refractivity contribution < 1.29 is 0 Å². The standard InChI is InChI=1S/C10H13N3O/c1-2-3-6-13-9(14)5-4-8(7-11)10(13)12/h4-5H,2-3,6,12H2,1H3. The van der Waals surface area contributed by atoms with Crippen molar-refractivity contribution in [3.63, 3.8) is 0 Å². The van der Waals surface area contributed by atoms with Gasteiger partial charge in [0.15, 0.2) is 0 Å². The summed E-state index contributed by atoms with van der Waals surface area (Å²) in [6, 6.07) is 4.79. The molecule has 0 aliphatic carbocycles. The molecule has 74 valence electrons. The minimum Gasteiger partial charge on any atom is -0.384 e. The van der Waals surface area contributed by atoms with Gasteiger partial charge in [0.05, 0.1) is 5.56 Å². The maximum absolute atomic E-state index is 11.4. The van der Waals surface area contributed by atoms with Gasteiger partial charge in [-0.05, 0) is 12.5 Å². The number of nitrogen functional groups attached to an aromatic ring is 1. The molecule has 1 rings (SSSR count). The van der Waals surface area contributed by atoms with E-state index in [-0.39, 0.29) is 11.4 Å². The van der Waals surface area contributed by atoms with Gasteiger partial charge in [-0.1, -0.05) is 13.3 Å². The Kier molecular flexibility index (Phi) is 3.29. The topological polar surface area (TPSA) is 71.8 Å². The highest BCUT2D eigenvalue weighted by Gasteiger charge is 2.04. The van der Waals surface area contributed by atoms with Crippen molar-refractivity contribution in [2.24, 2.45) is 0 Å². The molecule has 0 saturated carbocycles. The fourth-order valence-corrected chi connectivity index (χ4v) is 1.24. The molecule has 4 nitrogen and oxygen atoms in total. The molecule has 14 heavy (non-hydrogen) atoms. The van der Waals surface area contributed by atoms with Gasteiger partial charge in [0.25, 0.3) is 5.56 Å². The third-order valence-corrected chi connectivity index (χ3v) is 2.08. The molecular weight excluding hydrogens is 178 g/mol. The van der Waals surface area contributed by atoms with Gasteiger partial charge in [-0.15, -0.1) is 0 Å². The summed E-state index contributed by atoms with van der Waals surface area (Å²) in [4.78, 5) is 11.4. The Morgan fingerprint density at radius 2 is 2.29 bits per heavy atom. The van der Waals surface area contributed by atoms with Crippen molar-refractivity contribution in [3.05, 3.63) is 28.0 Å². The molecular formula is C10H13N3O. The second-order valence-corrected chi connectivity index (χ2v) is 3.09. The lowest BCUT2D eigenvalue weighted by Gasteiger charge is -2.08. The second-order valence-electron chi connectivity index (χ2n) is 3.09. The van der Waals surface area contributed by atoms with Gasteiger partial charge >= 0.3 is 0 Å². The van der Waals surface area contributed by atoms with Crippen molar-refractivity contribution >= 4 is 5.82 Å². The van der Waals surface area contributed by atoms with Crippen LogP contribution in [-0.4, -0.2) is 4.57 Å². The second kappa shape index (κ2) is 4.47. The summed E-state index contributed by atoms with van der Waals surface area (Å²) < 4.78 is 1.45. The van der Waals surface area contributed by atoms with Crippen LogP contribution in [0.5, 0.6) is 0 Å². The largest absolute Gasteiger partial charge is 0.384 e. The maximum Gasteiger partial charge on any atom is 0.252 e. The average molecular weight is 191 g/mol. The first-order valence-corrected chi connectivity index (χ1v) is 4.60. The summed E-state index contributed by atoms with van der Waals surface area (Å²) in [5.41, 5.74) is 5.89. The predicted molar refractivity (Wildman–Crippen MR) is 54.7 cm³/mol. The van der Waals surface area contributed by atoms with Crippen LogP contribution in [0.3, 0.4) is 0 Å². The summed E-state index contributed by atoms with van der Waals surface area (Å²) in [5, 5.41) is 8.71. The maximum atomic E-state index is 11.4. The lowest BCUT2D eigenvalue weighted by atomic mass is 10.2. The zero-order valence-corrected chi connectivity index (χ0v) is 8.16. The molecule has 1 heterocycles. The van der Waals surface area contributed by atoms with Crippen LogP contribution in [-0.2, 0) is 6.54 Å². The summed E-state index contributed by atoms with van der Waals surface area (Å²) in [6.45, 7) is 2.62. The number of hydrogen-bond donors (Lipinski definition) is 1. The van der Waals surface area contributed by atoms with Crippen LogP contribution in [0.2, 0.25) is 0 Å². The monoisotopic (exact) mass is 191 g/mol. The van der Waals surface area contributed by atoms with Gasteiger partial charge in [-0.25, -0.2) is 0 Å². The van der Waals surface area contributed by atoms with E-state index < -0.39 is 0 Å². The summed E-state index contributed by atoms with van der Waals surface area (Å²) in [7, 11) is 0. The molecule has 0 atom stereocenters. The Hall–Kier alpha value is -1.76. The van der Waals surface area contributed by atoms with E-state index >= 15 is 0 Å². The van der Waals surface area contributed by atoms with Gasteiger partial charge < -0.3 is 5.73 Å². The van der Waals surface area contributed by atoms with Crippen molar-refractivity contribution in [3.8, 4) is 6.07 Å². The lowest BCUT2D eigenvalue weighted by molar-refractivity contribution is 0.620. The molecule has 1 aromatic heterocycles. The van der Waals surface area contributed by atoms with Crippen LogP contribution in [0.15, 0.2) is 16.9 Å². The quantitative estimate of drug-likeness (QED) is 0.777. The number of unbranched alkanes of at least 4 members (excludes halogenated alkanes) is 1. The first-order valence-electron chi connectivity index (χ1n) is 4.60.